The molecule has 3 rings (SSSR count). The van der Waals surface area contributed by atoms with Gasteiger partial charge in [0.25, 0.3) is 0 Å². The fourth-order valence-electron chi connectivity index (χ4n) is 2.18. The first-order valence-corrected chi connectivity index (χ1v) is 5.54. The Morgan fingerprint density at radius 2 is 1.69 bits per heavy atom. The Kier molecular flexibility index (Phi) is 3.30. The molecule has 1 aliphatic rings. The van der Waals surface area contributed by atoms with E-state index in [9.17, 15) is 0 Å². The number of nitrogens with zero attached hydrogens (tertiary/aromatic N) is 2. The van der Waals surface area contributed by atoms with Gasteiger partial charge >= 0.3 is 0 Å². The van der Waals surface area contributed by atoms with Crippen molar-refractivity contribution >= 4 is 29.1 Å². The molecule has 0 unspecified atom stereocenters. The number of hydrogen-bond acceptors (Lipinski definition) is 2. The summed E-state index contributed by atoms with van der Waals surface area (Å²) in [6, 6.07) is 12.6. The zero-order valence-corrected chi connectivity index (χ0v) is 9.91. The highest BCUT2D eigenvalue weighted by atomic mass is 35.5. The minimum Gasteiger partial charge on any atom is -0.357 e. The quantitative estimate of drug-likeness (QED) is 0.753. The molecule has 2 heterocycles. The van der Waals surface area contributed by atoms with Gasteiger partial charge in [0, 0.05) is 18.5 Å². The topological polar surface area (TPSA) is 16.1 Å². The lowest BCUT2D eigenvalue weighted by atomic mass is 10.2. The number of halogens is 1. The Balaban J connectivity index is 0.000000963. The molecule has 0 atom stereocenters. The van der Waals surface area contributed by atoms with Crippen LogP contribution in [0.3, 0.4) is 0 Å². The number of anilines is 1. The van der Waals surface area contributed by atoms with Gasteiger partial charge in [-0.05, 0) is 31.0 Å². The summed E-state index contributed by atoms with van der Waals surface area (Å²) in [6.07, 6.45) is 2.60. The van der Waals surface area contributed by atoms with Gasteiger partial charge in [0.1, 0.15) is 5.82 Å². The normalized spacial score (nSPS) is 15.1. The van der Waals surface area contributed by atoms with Crippen molar-refractivity contribution in [3.8, 4) is 0 Å². The van der Waals surface area contributed by atoms with Gasteiger partial charge in [0.15, 0.2) is 0 Å². The Morgan fingerprint density at radius 3 is 2.50 bits per heavy atom. The molecule has 0 aliphatic carbocycles. The lowest BCUT2D eigenvalue weighted by Gasteiger charge is -2.16. The molecular formula is C13H15ClN2. The van der Waals surface area contributed by atoms with Crippen molar-refractivity contribution in [1.82, 2.24) is 4.98 Å². The molecule has 0 bridgehead atoms. The van der Waals surface area contributed by atoms with E-state index >= 15 is 0 Å². The second-order valence-electron chi connectivity index (χ2n) is 4.06. The number of fused-ring (bicyclic) bond motifs is 1. The highest BCUT2D eigenvalue weighted by Gasteiger charge is 2.13. The molecule has 0 radical (unpaired) electrons. The van der Waals surface area contributed by atoms with E-state index in [4.69, 9.17) is 0 Å². The van der Waals surface area contributed by atoms with Crippen LogP contribution in [0, 0.1) is 0 Å². The molecule has 0 spiro atoms. The summed E-state index contributed by atoms with van der Waals surface area (Å²) in [7, 11) is 0. The van der Waals surface area contributed by atoms with Gasteiger partial charge in [0.2, 0.25) is 0 Å². The van der Waals surface area contributed by atoms with Crippen molar-refractivity contribution in [2.24, 2.45) is 0 Å². The van der Waals surface area contributed by atoms with Crippen LogP contribution in [-0.2, 0) is 0 Å². The Morgan fingerprint density at radius 1 is 0.938 bits per heavy atom. The van der Waals surface area contributed by atoms with Gasteiger partial charge in [-0.2, -0.15) is 0 Å². The average molecular weight is 235 g/mol. The Labute approximate surface area is 102 Å². The summed E-state index contributed by atoms with van der Waals surface area (Å²) in [5.74, 6) is 1.13. The van der Waals surface area contributed by atoms with Gasteiger partial charge in [-0.3, -0.25) is 0 Å². The van der Waals surface area contributed by atoms with Gasteiger partial charge in [-0.25, -0.2) is 4.98 Å². The van der Waals surface area contributed by atoms with Crippen LogP contribution < -0.4 is 4.90 Å². The molecule has 16 heavy (non-hydrogen) atoms. The van der Waals surface area contributed by atoms with E-state index in [2.05, 4.69) is 40.2 Å². The van der Waals surface area contributed by atoms with E-state index < -0.39 is 0 Å². The maximum atomic E-state index is 4.68. The number of pyridine rings is 1. The van der Waals surface area contributed by atoms with Gasteiger partial charge in [-0.1, -0.05) is 18.2 Å². The highest BCUT2D eigenvalue weighted by Crippen LogP contribution is 2.21. The van der Waals surface area contributed by atoms with Crippen LogP contribution in [0.15, 0.2) is 36.4 Å². The van der Waals surface area contributed by atoms with E-state index in [1.54, 1.807) is 0 Å². The first-order valence-electron chi connectivity index (χ1n) is 5.54. The minimum absolute atomic E-state index is 0. The van der Waals surface area contributed by atoms with Crippen LogP contribution in [0.1, 0.15) is 12.8 Å². The molecule has 3 heteroatoms. The summed E-state index contributed by atoms with van der Waals surface area (Å²) in [5.41, 5.74) is 1.10. The van der Waals surface area contributed by atoms with Crippen molar-refractivity contribution in [2.75, 3.05) is 18.0 Å². The summed E-state index contributed by atoms with van der Waals surface area (Å²) in [4.78, 5) is 7.05. The number of rotatable bonds is 1. The zero-order chi connectivity index (χ0) is 10.1. The van der Waals surface area contributed by atoms with Crippen molar-refractivity contribution in [2.45, 2.75) is 12.8 Å². The number of benzene rings is 1. The van der Waals surface area contributed by atoms with Gasteiger partial charge in [-0.15, -0.1) is 12.4 Å². The van der Waals surface area contributed by atoms with Crippen molar-refractivity contribution in [3.05, 3.63) is 36.4 Å². The summed E-state index contributed by atoms with van der Waals surface area (Å²) >= 11 is 0. The lowest BCUT2D eigenvalue weighted by molar-refractivity contribution is 0.944. The third-order valence-electron chi connectivity index (χ3n) is 3.01. The molecule has 0 saturated carbocycles. The van der Waals surface area contributed by atoms with Crippen LogP contribution in [0.5, 0.6) is 0 Å². The van der Waals surface area contributed by atoms with Gasteiger partial charge < -0.3 is 4.90 Å². The molecule has 84 valence electrons. The van der Waals surface area contributed by atoms with E-state index in [1.807, 2.05) is 6.07 Å². The molecule has 1 saturated heterocycles. The molecule has 0 amide bonds. The highest BCUT2D eigenvalue weighted by molar-refractivity contribution is 5.85. The van der Waals surface area contributed by atoms with Crippen LogP contribution in [-0.4, -0.2) is 18.1 Å². The molecule has 1 fully saturated rings. The van der Waals surface area contributed by atoms with Crippen LogP contribution in [0.25, 0.3) is 10.9 Å². The molecule has 1 aliphatic heterocycles. The molecule has 2 nitrogen and oxygen atoms in total. The molecule has 0 N–H and O–H groups in total. The van der Waals surface area contributed by atoms with E-state index in [0.717, 1.165) is 24.4 Å². The zero-order valence-electron chi connectivity index (χ0n) is 9.10. The first-order chi connectivity index (χ1) is 7.43. The lowest BCUT2D eigenvalue weighted by Crippen LogP contribution is -2.18. The SMILES string of the molecule is Cl.c1ccc2nc(N3CCCC3)ccc2c1. The van der Waals surface area contributed by atoms with Crippen LogP contribution in [0.2, 0.25) is 0 Å². The average Bonchev–Trinajstić information content (AvgIpc) is 2.82. The third kappa shape index (κ3) is 1.98. The number of aromatic nitrogens is 1. The van der Waals surface area contributed by atoms with Crippen molar-refractivity contribution in [3.63, 3.8) is 0 Å². The monoisotopic (exact) mass is 234 g/mol. The summed E-state index contributed by atoms with van der Waals surface area (Å²) < 4.78 is 0. The van der Waals surface area contributed by atoms with E-state index in [0.29, 0.717) is 0 Å². The molecular weight excluding hydrogens is 220 g/mol. The van der Waals surface area contributed by atoms with Crippen LogP contribution in [0.4, 0.5) is 5.82 Å². The predicted molar refractivity (Wildman–Crippen MR) is 70.4 cm³/mol. The molecule has 1 aromatic carbocycles. The third-order valence-corrected chi connectivity index (χ3v) is 3.01. The van der Waals surface area contributed by atoms with Crippen LogP contribution >= 0.6 is 12.4 Å². The van der Waals surface area contributed by atoms with Crippen molar-refractivity contribution < 1.29 is 0 Å². The number of hydrogen-bond donors (Lipinski definition) is 0. The van der Waals surface area contributed by atoms with Crippen molar-refractivity contribution in [1.29, 1.82) is 0 Å². The summed E-state index contributed by atoms with van der Waals surface area (Å²) in [5, 5.41) is 1.22. The fraction of sp³-hybridized carbons (Fsp3) is 0.308. The summed E-state index contributed by atoms with van der Waals surface area (Å²) in [6.45, 7) is 2.32. The maximum Gasteiger partial charge on any atom is 0.129 e. The predicted octanol–water partition coefficient (Wildman–Crippen LogP) is 3.26. The van der Waals surface area contributed by atoms with E-state index in [1.165, 1.54) is 18.2 Å². The van der Waals surface area contributed by atoms with Gasteiger partial charge in [0.05, 0.1) is 5.52 Å². The first kappa shape index (κ1) is 11.2. The maximum absolute atomic E-state index is 4.68. The second kappa shape index (κ2) is 4.71. The minimum atomic E-state index is 0. The molecule has 1 aromatic heterocycles. The smallest absolute Gasteiger partial charge is 0.129 e. The number of para-hydroxylation sites is 1. The standard InChI is InChI=1S/C13H14N2.ClH/c1-2-6-12-11(5-1)7-8-13(14-12)15-9-3-4-10-15;/h1-2,5-8H,3-4,9-10H2;1H. The fourth-order valence-corrected chi connectivity index (χ4v) is 2.18. The Bertz CT molecular complexity index is 478. The second-order valence-corrected chi connectivity index (χ2v) is 4.06. The Hall–Kier alpha value is -1.28. The molecule has 2 aromatic rings. The van der Waals surface area contributed by atoms with E-state index in [-0.39, 0.29) is 12.4 Å². The largest absolute Gasteiger partial charge is 0.357 e.